The van der Waals surface area contributed by atoms with Crippen LogP contribution in [0.5, 0.6) is 0 Å². The van der Waals surface area contributed by atoms with Crippen LogP contribution in [-0.2, 0) is 4.79 Å². The van der Waals surface area contributed by atoms with Gasteiger partial charge in [0.2, 0.25) is 0 Å². The molecule has 0 saturated carbocycles. The first-order chi connectivity index (χ1) is 14.3. The van der Waals surface area contributed by atoms with Crippen LogP contribution in [0.1, 0.15) is 32.4 Å². The van der Waals surface area contributed by atoms with Crippen molar-refractivity contribution in [3.8, 4) is 0 Å². The third kappa shape index (κ3) is 5.45. The average Bonchev–Trinajstić information content (AvgIpc) is 2.72. The van der Waals surface area contributed by atoms with E-state index in [-0.39, 0.29) is 11.9 Å². The molecule has 0 radical (unpaired) electrons. The van der Waals surface area contributed by atoms with Crippen LogP contribution in [-0.4, -0.2) is 30.9 Å². The molecule has 2 aromatic carbocycles. The number of rotatable bonds is 6. The summed E-state index contributed by atoms with van der Waals surface area (Å²) in [6.45, 7) is 6.33. The second-order valence-electron chi connectivity index (χ2n) is 8.01. The largest absolute Gasteiger partial charge is 0.378 e. The van der Waals surface area contributed by atoms with Gasteiger partial charge in [-0.15, -0.1) is 0 Å². The lowest BCUT2D eigenvalue weighted by molar-refractivity contribution is -0.113. The minimum absolute atomic E-state index is 0.135. The average molecular weight is 423 g/mol. The second kappa shape index (κ2) is 9.85. The van der Waals surface area contributed by atoms with Crippen molar-refractivity contribution in [3.63, 3.8) is 0 Å². The first-order valence-electron chi connectivity index (χ1n) is 10.2. The van der Waals surface area contributed by atoms with E-state index in [0.29, 0.717) is 11.5 Å². The number of carbonyl (C=O) groups excluding carboxylic acids is 1. The fraction of sp³-hybridized carbons (Fsp3) is 0.333. The first-order valence-corrected chi connectivity index (χ1v) is 11.2. The van der Waals surface area contributed by atoms with Gasteiger partial charge >= 0.3 is 0 Å². The summed E-state index contributed by atoms with van der Waals surface area (Å²) in [6.07, 6.45) is 0. The number of para-hydroxylation sites is 1. The number of nitrogens with one attached hydrogen (secondary N) is 2. The van der Waals surface area contributed by atoms with Crippen LogP contribution < -0.4 is 15.5 Å². The summed E-state index contributed by atoms with van der Waals surface area (Å²) in [5, 5.41) is 7.22. The molecular formula is C24H30N4OS. The first kappa shape index (κ1) is 22.0. The van der Waals surface area contributed by atoms with Gasteiger partial charge in [0, 0.05) is 36.9 Å². The molecule has 6 heteroatoms. The van der Waals surface area contributed by atoms with E-state index in [1.54, 1.807) is 11.8 Å². The number of thioether (sulfide) groups is 1. The number of anilines is 2. The Balaban J connectivity index is 1.93. The smallest absolute Gasteiger partial charge is 0.255 e. The van der Waals surface area contributed by atoms with E-state index in [4.69, 9.17) is 4.99 Å². The maximum Gasteiger partial charge on any atom is 0.255 e. The SMILES string of the molecule is CC1=C(C(=O)Nc2ccccc2)[C@H](c2ccc(N(C)C)cc2)N=C(SCC(C)C)N1. The molecular weight excluding hydrogens is 392 g/mol. The van der Waals surface area contributed by atoms with E-state index in [2.05, 4.69) is 53.6 Å². The number of nitrogens with zero attached hydrogens (tertiary/aromatic N) is 2. The minimum atomic E-state index is -0.346. The number of benzene rings is 2. The summed E-state index contributed by atoms with van der Waals surface area (Å²) >= 11 is 1.70. The maximum atomic E-state index is 13.2. The molecule has 0 unspecified atom stereocenters. The van der Waals surface area contributed by atoms with Crippen LogP contribution in [0.15, 0.2) is 70.9 Å². The third-order valence-corrected chi connectivity index (χ3v) is 6.09. The van der Waals surface area contributed by atoms with Crippen molar-refractivity contribution in [2.24, 2.45) is 10.9 Å². The highest BCUT2D eigenvalue weighted by atomic mass is 32.2. The number of hydrogen-bond acceptors (Lipinski definition) is 5. The van der Waals surface area contributed by atoms with Crippen LogP contribution in [0.2, 0.25) is 0 Å². The summed E-state index contributed by atoms with van der Waals surface area (Å²) < 4.78 is 0. The van der Waals surface area contributed by atoms with Gasteiger partial charge in [0.15, 0.2) is 5.17 Å². The zero-order chi connectivity index (χ0) is 21.7. The number of hydrogen-bond donors (Lipinski definition) is 2. The minimum Gasteiger partial charge on any atom is -0.378 e. The topological polar surface area (TPSA) is 56.7 Å². The normalized spacial score (nSPS) is 16.2. The Bertz CT molecular complexity index is 933. The summed E-state index contributed by atoms with van der Waals surface area (Å²) in [4.78, 5) is 20.2. The van der Waals surface area contributed by atoms with Crippen molar-refractivity contribution in [1.29, 1.82) is 0 Å². The van der Waals surface area contributed by atoms with Gasteiger partial charge in [-0.05, 0) is 42.7 Å². The summed E-state index contributed by atoms with van der Waals surface area (Å²) in [5.74, 6) is 1.39. The molecule has 2 N–H and O–H groups in total. The van der Waals surface area contributed by atoms with Gasteiger partial charge in [0.05, 0.1) is 5.57 Å². The van der Waals surface area contributed by atoms with Crippen LogP contribution in [0, 0.1) is 5.92 Å². The Morgan fingerprint density at radius 1 is 1.13 bits per heavy atom. The lowest BCUT2D eigenvalue weighted by Gasteiger charge is -2.27. The van der Waals surface area contributed by atoms with E-state index in [1.165, 1.54) is 0 Å². The molecule has 1 aliphatic rings. The Morgan fingerprint density at radius 3 is 2.40 bits per heavy atom. The van der Waals surface area contributed by atoms with Crippen molar-refractivity contribution >= 4 is 34.2 Å². The predicted octanol–water partition coefficient (Wildman–Crippen LogP) is 5.05. The molecule has 0 aliphatic carbocycles. The van der Waals surface area contributed by atoms with Crippen LogP contribution in [0.25, 0.3) is 0 Å². The number of aliphatic imine (C=N–C) groups is 1. The molecule has 1 aliphatic heterocycles. The Morgan fingerprint density at radius 2 is 1.80 bits per heavy atom. The zero-order valence-electron chi connectivity index (χ0n) is 18.3. The number of amides is 1. The summed E-state index contributed by atoms with van der Waals surface area (Å²) in [7, 11) is 4.03. The zero-order valence-corrected chi connectivity index (χ0v) is 19.1. The molecule has 1 heterocycles. The Kier molecular flexibility index (Phi) is 7.21. The van der Waals surface area contributed by atoms with Crippen molar-refractivity contribution < 1.29 is 4.79 Å². The summed E-state index contributed by atoms with van der Waals surface area (Å²) in [5.41, 5.74) is 4.37. The molecule has 0 saturated heterocycles. The van der Waals surface area contributed by atoms with Gasteiger partial charge in [-0.1, -0.05) is 55.9 Å². The lowest BCUT2D eigenvalue weighted by Crippen LogP contribution is -2.32. The summed E-state index contributed by atoms with van der Waals surface area (Å²) in [6, 6.07) is 17.4. The quantitative estimate of drug-likeness (QED) is 0.684. The molecule has 30 heavy (non-hydrogen) atoms. The molecule has 0 aromatic heterocycles. The molecule has 5 nitrogen and oxygen atoms in total. The van der Waals surface area contributed by atoms with Crippen LogP contribution in [0.4, 0.5) is 11.4 Å². The van der Waals surface area contributed by atoms with E-state index < -0.39 is 0 Å². The highest BCUT2D eigenvalue weighted by molar-refractivity contribution is 8.13. The number of carbonyl (C=O) groups is 1. The van der Waals surface area contributed by atoms with E-state index in [9.17, 15) is 4.79 Å². The second-order valence-corrected chi connectivity index (χ2v) is 9.02. The standard InChI is InChI=1S/C24H30N4OS/c1-16(2)15-30-24-25-17(3)21(23(29)26-19-9-7-6-8-10-19)22(27-24)18-11-13-20(14-12-18)28(4)5/h6-14,16,22H,15H2,1-5H3,(H,25,27)(H,26,29)/t22-/m0/s1. The lowest BCUT2D eigenvalue weighted by atomic mass is 9.95. The predicted molar refractivity (Wildman–Crippen MR) is 129 cm³/mol. The fourth-order valence-electron chi connectivity index (χ4n) is 3.18. The van der Waals surface area contributed by atoms with Gasteiger partial charge < -0.3 is 15.5 Å². The monoisotopic (exact) mass is 422 g/mol. The molecule has 0 fully saturated rings. The number of amidine groups is 1. The van der Waals surface area contributed by atoms with Crippen molar-refractivity contribution in [1.82, 2.24) is 5.32 Å². The fourth-order valence-corrected chi connectivity index (χ4v) is 4.07. The van der Waals surface area contributed by atoms with Gasteiger partial charge in [-0.2, -0.15) is 0 Å². The number of allylic oxidation sites excluding steroid dienone is 1. The molecule has 1 atom stereocenters. The van der Waals surface area contributed by atoms with Crippen LogP contribution >= 0.6 is 11.8 Å². The highest BCUT2D eigenvalue weighted by Crippen LogP contribution is 2.34. The van der Waals surface area contributed by atoms with E-state index in [1.807, 2.05) is 51.4 Å². The third-order valence-electron chi connectivity index (χ3n) is 4.77. The molecule has 158 valence electrons. The van der Waals surface area contributed by atoms with Gasteiger partial charge in [-0.3, -0.25) is 4.79 Å². The van der Waals surface area contributed by atoms with Crippen molar-refractivity contribution in [3.05, 3.63) is 71.4 Å². The molecule has 2 aromatic rings. The van der Waals surface area contributed by atoms with E-state index in [0.717, 1.165) is 33.6 Å². The van der Waals surface area contributed by atoms with Gasteiger partial charge in [-0.25, -0.2) is 4.99 Å². The van der Waals surface area contributed by atoms with Crippen molar-refractivity contribution in [2.75, 3.05) is 30.1 Å². The van der Waals surface area contributed by atoms with Gasteiger partial charge in [0.1, 0.15) is 6.04 Å². The Labute approximate surface area is 183 Å². The van der Waals surface area contributed by atoms with Crippen molar-refractivity contribution in [2.45, 2.75) is 26.8 Å². The maximum absolute atomic E-state index is 13.2. The highest BCUT2D eigenvalue weighted by Gasteiger charge is 2.29. The molecule has 1 amide bonds. The molecule has 3 rings (SSSR count). The van der Waals surface area contributed by atoms with Gasteiger partial charge in [0.25, 0.3) is 5.91 Å². The van der Waals surface area contributed by atoms with Crippen LogP contribution in [0.3, 0.4) is 0 Å². The molecule has 0 bridgehead atoms. The Hall–Kier alpha value is -2.73. The van der Waals surface area contributed by atoms with E-state index >= 15 is 0 Å². The molecule has 0 spiro atoms.